The molecule has 0 atom stereocenters. The summed E-state index contributed by atoms with van der Waals surface area (Å²) in [6.45, 7) is 0. The molecule has 3 heterocycles. The Morgan fingerprint density at radius 1 is 0.436 bits per heavy atom. The van der Waals surface area contributed by atoms with E-state index in [1.807, 2.05) is 18.5 Å². The molecule has 5 heteroatoms. The number of rotatable bonds is 5. The molecule has 0 aliphatic rings. The van der Waals surface area contributed by atoms with Crippen LogP contribution in [0.25, 0.3) is 82.2 Å². The molecule has 0 aliphatic carbocycles. The zero-order chi connectivity index (χ0) is 36.5. The molecule has 0 saturated carbocycles. The first-order valence-electron chi connectivity index (χ1n) is 18.5. The molecule has 55 heavy (non-hydrogen) atoms. The summed E-state index contributed by atoms with van der Waals surface area (Å²) in [4.78, 5) is 9.69. The smallest absolute Gasteiger partial charge is 0.147 e. The average Bonchev–Trinajstić information content (AvgIpc) is 3.65. The van der Waals surface area contributed by atoms with Gasteiger partial charge in [0.1, 0.15) is 5.65 Å². The summed E-state index contributed by atoms with van der Waals surface area (Å²) in [5, 5.41) is 12.0. The van der Waals surface area contributed by atoms with Crippen LogP contribution in [0, 0.1) is 0 Å². The van der Waals surface area contributed by atoms with E-state index in [9.17, 15) is 0 Å². The molecule has 0 saturated heterocycles. The molecule has 0 bridgehead atoms. The lowest BCUT2D eigenvalue weighted by Gasteiger charge is -2.24. The van der Waals surface area contributed by atoms with Gasteiger partial charge in [-0.05, 0) is 102 Å². The average molecular weight is 738 g/mol. The maximum absolute atomic E-state index is 6.67. The van der Waals surface area contributed by atoms with Crippen LogP contribution < -0.4 is 15.9 Å². The standard InChI is InChI=1S/C50H32N3PS/c55-54(40-12-3-1-4-13-40,41-14-5-2-6-15-41)42-23-19-35-28-34(17-18-36(35)29-42)37-22-26-47-45(30-37)44-24-20-33-10-7-8-16-43(33)49(44)50-52-46-25-21-38(31-48(46)53(47)50)39-11-9-27-51-32-39/h1-32H. The molecule has 3 aromatic heterocycles. The maximum Gasteiger partial charge on any atom is 0.147 e. The van der Waals surface area contributed by atoms with Crippen LogP contribution in [0.4, 0.5) is 0 Å². The Morgan fingerprint density at radius 3 is 1.91 bits per heavy atom. The van der Waals surface area contributed by atoms with Gasteiger partial charge in [-0.2, -0.15) is 0 Å². The quantitative estimate of drug-likeness (QED) is 0.130. The van der Waals surface area contributed by atoms with Crippen LogP contribution >= 0.6 is 6.04 Å². The van der Waals surface area contributed by atoms with Crippen LogP contribution in [0.15, 0.2) is 194 Å². The van der Waals surface area contributed by atoms with Gasteiger partial charge in [-0.1, -0.05) is 151 Å². The third-order valence-electron chi connectivity index (χ3n) is 11.1. The number of hydrogen-bond acceptors (Lipinski definition) is 3. The summed E-state index contributed by atoms with van der Waals surface area (Å²) in [5.41, 5.74) is 8.70. The van der Waals surface area contributed by atoms with Crippen LogP contribution in [0.2, 0.25) is 0 Å². The van der Waals surface area contributed by atoms with Crippen LogP contribution in [-0.2, 0) is 11.8 Å². The summed E-state index contributed by atoms with van der Waals surface area (Å²) in [5.74, 6) is 0. The normalized spacial score (nSPS) is 12.1. The van der Waals surface area contributed by atoms with Crippen LogP contribution in [-0.4, -0.2) is 14.4 Å². The third kappa shape index (κ3) is 5.07. The fourth-order valence-electron chi connectivity index (χ4n) is 8.39. The van der Waals surface area contributed by atoms with E-state index in [1.54, 1.807) is 0 Å². The number of nitrogens with zero attached hydrogens (tertiary/aromatic N) is 3. The Balaban J connectivity index is 1.10. The summed E-state index contributed by atoms with van der Waals surface area (Å²) < 4.78 is 2.36. The van der Waals surface area contributed by atoms with Crippen LogP contribution in [0.1, 0.15) is 0 Å². The summed E-state index contributed by atoms with van der Waals surface area (Å²) in [7, 11) is 0. The number of fused-ring (bicyclic) bond motifs is 11. The summed E-state index contributed by atoms with van der Waals surface area (Å²) in [6.07, 6.45) is 3.74. The van der Waals surface area contributed by atoms with Crippen molar-refractivity contribution < 1.29 is 0 Å². The van der Waals surface area contributed by atoms with Gasteiger partial charge >= 0.3 is 0 Å². The number of imidazole rings is 1. The fraction of sp³-hybridized carbons (Fsp3) is 0. The second-order valence-electron chi connectivity index (χ2n) is 14.2. The first-order chi connectivity index (χ1) is 27.1. The molecule has 3 nitrogen and oxygen atoms in total. The van der Waals surface area contributed by atoms with Crippen molar-refractivity contribution >= 4 is 93.7 Å². The topological polar surface area (TPSA) is 30.2 Å². The Hall–Kier alpha value is -6.45. The largest absolute Gasteiger partial charge is 0.292 e. The van der Waals surface area contributed by atoms with E-state index in [0.29, 0.717) is 0 Å². The minimum Gasteiger partial charge on any atom is -0.292 e. The lowest BCUT2D eigenvalue weighted by molar-refractivity contribution is 1.31. The highest BCUT2D eigenvalue weighted by atomic mass is 32.4. The number of aromatic nitrogens is 3. The Bertz CT molecular complexity index is 3300. The van der Waals surface area contributed by atoms with E-state index >= 15 is 0 Å². The van der Waals surface area contributed by atoms with Gasteiger partial charge < -0.3 is 0 Å². The minimum absolute atomic E-state index is 0.970. The molecule has 0 radical (unpaired) electrons. The zero-order valence-electron chi connectivity index (χ0n) is 29.7. The van der Waals surface area contributed by atoms with E-state index in [0.717, 1.165) is 33.3 Å². The van der Waals surface area contributed by atoms with Crippen LogP contribution in [0.5, 0.6) is 0 Å². The molecule has 8 aromatic carbocycles. The molecule has 258 valence electrons. The second-order valence-corrected chi connectivity index (χ2v) is 18.6. The van der Waals surface area contributed by atoms with Gasteiger partial charge in [-0.15, -0.1) is 0 Å². The number of benzene rings is 8. The van der Waals surface area contributed by atoms with Gasteiger partial charge in [0.2, 0.25) is 0 Å². The first-order valence-corrected chi connectivity index (χ1v) is 21.3. The predicted molar refractivity (Wildman–Crippen MR) is 237 cm³/mol. The van der Waals surface area contributed by atoms with E-state index in [1.165, 1.54) is 64.7 Å². The molecule has 0 spiro atoms. The van der Waals surface area contributed by atoms with Crippen molar-refractivity contribution in [2.24, 2.45) is 0 Å². The van der Waals surface area contributed by atoms with Gasteiger partial charge in [-0.3, -0.25) is 9.38 Å². The molecule has 11 aromatic rings. The van der Waals surface area contributed by atoms with Crippen molar-refractivity contribution in [2.75, 3.05) is 0 Å². The lowest BCUT2D eigenvalue weighted by atomic mass is 9.96. The van der Waals surface area contributed by atoms with E-state index in [4.69, 9.17) is 16.8 Å². The predicted octanol–water partition coefficient (Wildman–Crippen LogP) is 11.6. The highest BCUT2D eigenvalue weighted by Gasteiger charge is 2.25. The van der Waals surface area contributed by atoms with Crippen molar-refractivity contribution in [2.45, 2.75) is 0 Å². The first kappa shape index (κ1) is 32.0. The second kappa shape index (κ2) is 12.6. The van der Waals surface area contributed by atoms with E-state index in [-0.39, 0.29) is 0 Å². The zero-order valence-corrected chi connectivity index (χ0v) is 31.4. The molecule has 0 unspecified atom stereocenters. The number of hydrogen-bond donors (Lipinski definition) is 0. The highest BCUT2D eigenvalue weighted by molar-refractivity contribution is 8.25. The molecule has 11 rings (SSSR count). The molecular formula is C50H32N3PS. The van der Waals surface area contributed by atoms with Crippen molar-refractivity contribution in [3.8, 4) is 22.3 Å². The Kier molecular flexibility index (Phi) is 7.32. The third-order valence-corrected chi connectivity index (χ3v) is 16.0. The lowest BCUT2D eigenvalue weighted by Crippen LogP contribution is -2.24. The van der Waals surface area contributed by atoms with Crippen molar-refractivity contribution in [1.82, 2.24) is 14.4 Å². The van der Waals surface area contributed by atoms with Gasteiger partial charge in [0.05, 0.1) is 16.6 Å². The summed E-state index contributed by atoms with van der Waals surface area (Å²) >= 11 is 6.67. The van der Waals surface area contributed by atoms with Gasteiger partial charge in [0.25, 0.3) is 0 Å². The van der Waals surface area contributed by atoms with Crippen molar-refractivity contribution in [1.29, 1.82) is 0 Å². The molecule has 0 N–H and O–H groups in total. The van der Waals surface area contributed by atoms with Gasteiger partial charge in [-0.25, -0.2) is 4.98 Å². The molecule has 0 amide bonds. The number of pyridine rings is 2. The van der Waals surface area contributed by atoms with Gasteiger partial charge in [0, 0.05) is 34.8 Å². The monoisotopic (exact) mass is 737 g/mol. The highest BCUT2D eigenvalue weighted by Crippen LogP contribution is 2.44. The van der Waals surface area contributed by atoms with Gasteiger partial charge in [0.15, 0.2) is 0 Å². The van der Waals surface area contributed by atoms with Crippen molar-refractivity contribution in [3.05, 3.63) is 194 Å². The molecule has 0 aliphatic heterocycles. The minimum atomic E-state index is -2.25. The molecule has 0 fully saturated rings. The van der Waals surface area contributed by atoms with E-state index < -0.39 is 6.04 Å². The van der Waals surface area contributed by atoms with Crippen molar-refractivity contribution in [3.63, 3.8) is 0 Å². The summed E-state index contributed by atoms with van der Waals surface area (Å²) in [6, 6.07) is 63.4. The Morgan fingerprint density at radius 2 is 1.11 bits per heavy atom. The Labute approximate surface area is 323 Å². The van der Waals surface area contributed by atoms with Crippen LogP contribution in [0.3, 0.4) is 0 Å². The SMILES string of the molecule is S=P(c1ccccc1)(c1ccccc1)c1ccc2cc(-c3ccc4c(c3)c3ccc5ccccc5c3c3nc5ccc(-c6cccnc6)cc5n43)ccc2c1. The fourth-order valence-corrected chi connectivity index (χ4v) is 12.1. The molecular weight excluding hydrogens is 706 g/mol. The maximum atomic E-state index is 6.67. The van der Waals surface area contributed by atoms with E-state index in [2.05, 4.69) is 185 Å².